The van der Waals surface area contributed by atoms with Crippen molar-refractivity contribution >= 4 is 10.8 Å². The van der Waals surface area contributed by atoms with Crippen molar-refractivity contribution < 1.29 is 0 Å². The monoisotopic (exact) mass is 206 g/mol. The Morgan fingerprint density at radius 1 is 0.938 bits per heavy atom. The van der Waals surface area contributed by atoms with Gasteiger partial charge in [0.05, 0.1) is 0 Å². The van der Waals surface area contributed by atoms with Gasteiger partial charge in [-0.3, -0.25) is 0 Å². The van der Waals surface area contributed by atoms with E-state index in [1.165, 1.54) is 29.2 Å². The fourth-order valence-corrected chi connectivity index (χ4v) is 4.15. The summed E-state index contributed by atoms with van der Waals surface area (Å²) >= 11 is 0. The van der Waals surface area contributed by atoms with Crippen LogP contribution in [0, 0.1) is 12.3 Å². The molecule has 2 aromatic carbocycles. The maximum atomic E-state index is 2.48. The Morgan fingerprint density at radius 3 is 2.38 bits per heavy atom. The van der Waals surface area contributed by atoms with Crippen molar-refractivity contribution in [2.24, 2.45) is 5.41 Å². The van der Waals surface area contributed by atoms with Gasteiger partial charge in [-0.15, -0.1) is 0 Å². The molecule has 16 heavy (non-hydrogen) atoms. The van der Waals surface area contributed by atoms with E-state index in [-0.39, 0.29) is 0 Å². The molecule has 0 heterocycles. The quantitative estimate of drug-likeness (QED) is 0.608. The number of aryl methyl sites for hydroxylation is 1. The molecule has 0 aromatic heterocycles. The largest absolute Gasteiger partial charge is 0.0587 e. The molecule has 3 unspecified atom stereocenters. The molecule has 3 aliphatic carbocycles. The summed E-state index contributed by atoms with van der Waals surface area (Å²) in [5.41, 5.74) is 5.54. The lowest BCUT2D eigenvalue weighted by molar-refractivity contribution is 0.845. The van der Waals surface area contributed by atoms with Gasteiger partial charge in [-0.25, -0.2) is 0 Å². The predicted molar refractivity (Wildman–Crippen MR) is 65.8 cm³/mol. The molecule has 78 valence electrons. The molecule has 2 fully saturated rings. The first-order chi connectivity index (χ1) is 7.78. The Balaban J connectivity index is 1.87. The third-order valence-corrected chi connectivity index (χ3v) is 5.18. The van der Waals surface area contributed by atoms with Crippen molar-refractivity contribution in [3.8, 4) is 0 Å². The highest BCUT2D eigenvalue weighted by molar-refractivity contribution is 5.86. The van der Waals surface area contributed by atoms with Gasteiger partial charge >= 0.3 is 0 Å². The van der Waals surface area contributed by atoms with Crippen molar-refractivity contribution in [3.05, 3.63) is 47.0 Å². The summed E-state index contributed by atoms with van der Waals surface area (Å²) in [6.07, 6.45) is 2.98. The van der Waals surface area contributed by atoms with Crippen LogP contribution >= 0.6 is 0 Å². The molecule has 0 nitrogen and oxygen atoms in total. The second-order valence-electron chi connectivity index (χ2n) is 6.08. The van der Waals surface area contributed by atoms with E-state index in [0.717, 1.165) is 17.3 Å². The number of benzene rings is 2. The van der Waals surface area contributed by atoms with Crippen molar-refractivity contribution in [2.45, 2.75) is 31.6 Å². The van der Waals surface area contributed by atoms with Gasteiger partial charge in [0.25, 0.3) is 0 Å². The number of fused-ring (bicyclic) bond motifs is 4. The lowest BCUT2D eigenvalue weighted by Crippen LogP contribution is -1.88. The molecule has 0 bridgehead atoms. The van der Waals surface area contributed by atoms with Crippen molar-refractivity contribution in [1.82, 2.24) is 0 Å². The lowest BCUT2D eigenvalue weighted by Gasteiger charge is -2.08. The molecule has 5 rings (SSSR count). The van der Waals surface area contributed by atoms with E-state index < -0.39 is 0 Å². The van der Waals surface area contributed by atoms with E-state index in [1.807, 2.05) is 0 Å². The van der Waals surface area contributed by atoms with Crippen LogP contribution in [-0.2, 0) is 0 Å². The van der Waals surface area contributed by atoms with Crippen LogP contribution in [0.1, 0.15) is 41.4 Å². The van der Waals surface area contributed by atoms with E-state index in [9.17, 15) is 0 Å². The fourth-order valence-electron chi connectivity index (χ4n) is 4.15. The molecule has 3 aliphatic rings. The Kier molecular flexibility index (Phi) is 1.02. The molecular weight excluding hydrogens is 192 g/mol. The van der Waals surface area contributed by atoms with E-state index >= 15 is 0 Å². The molecule has 1 spiro atoms. The van der Waals surface area contributed by atoms with Crippen LogP contribution in [0.4, 0.5) is 0 Å². The lowest BCUT2D eigenvalue weighted by atomic mass is 9.97. The average molecular weight is 206 g/mol. The molecule has 0 aliphatic heterocycles. The topological polar surface area (TPSA) is 0 Å². The third-order valence-electron chi connectivity index (χ3n) is 5.18. The SMILES string of the molecule is Cc1ccc2cc3c(cc2c1)C1CC12CC32. The van der Waals surface area contributed by atoms with Gasteiger partial charge in [0.15, 0.2) is 0 Å². The molecule has 0 heteroatoms. The van der Waals surface area contributed by atoms with E-state index in [2.05, 4.69) is 37.3 Å². The molecule has 0 radical (unpaired) electrons. The summed E-state index contributed by atoms with van der Waals surface area (Å²) in [5.74, 6) is 1.88. The summed E-state index contributed by atoms with van der Waals surface area (Å²) in [5, 5.41) is 2.88. The van der Waals surface area contributed by atoms with Crippen LogP contribution in [-0.4, -0.2) is 0 Å². The van der Waals surface area contributed by atoms with Gasteiger partial charge in [-0.05, 0) is 58.9 Å². The highest BCUT2D eigenvalue weighted by Gasteiger charge is 2.75. The fraction of sp³-hybridized carbons (Fsp3) is 0.375. The maximum Gasteiger partial charge on any atom is -0.00903 e. The van der Waals surface area contributed by atoms with Gasteiger partial charge in [0.1, 0.15) is 0 Å². The standard InChI is InChI=1S/C16H14/c1-9-2-3-10-5-12-13(6-11(10)4-9)15-8-16(15)7-14(12)16/h2-6,14-15H,7-8H2,1H3. The smallest absolute Gasteiger partial charge is 0.00903 e. The number of rotatable bonds is 0. The molecule has 0 N–H and O–H groups in total. The minimum absolute atomic E-state index is 0.786. The average Bonchev–Trinajstić information content (AvgIpc) is 3.15. The van der Waals surface area contributed by atoms with Gasteiger partial charge in [0, 0.05) is 0 Å². The van der Waals surface area contributed by atoms with Gasteiger partial charge in [-0.1, -0.05) is 35.9 Å². The highest BCUT2D eigenvalue weighted by Crippen LogP contribution is 2.87. The van der Waals surface area contributed by atoms with Crippen LogP contribution < -0.4 is 0 Å². The zero-order valence-corrected chi connectivity index (χ0v) is 9.46. The van der Waals surface area contributed by atoms with Crippen LogP contribution in [0.5, 0.6) is 0 Å². The Hall–Kier alpha value is -1.30. The Morgan fingerprint density at radius 2 is 1.62 bits per heavy atom. The molecule has 0 amide bonds. The van der Waals surface area contributed by atoms with E-state index in [0.29, 0.717) is 0 Å². The minimum Gasteiger partial charge on any atom is -0.0587 e. The van der Waals surface area contributed by atoms with Crippen molar-refractivity contribution in [2.75, 3.05) is 0 Å². The summed E-state index contributed by atoms with van der Waals surface area (Å²) in [6.45, 7) is 2.18. The molecule has 3 atom stereocenters. The Bertz CT molecular complexity index is 652. The van der Waals surface area contributed by atoms with E-state index in [1.54, 1.807) is 11.1 Å². The third kappa shape index (κ3) is 0.704. The number of hydrogen-bond donors (Lipinski definition) is 0. The zero-order valence-electron chi connectivity index (χ0n) is 9.46. The minimum atomic E-state index is 0.786. The maximum absolute atomic E-state index is 2.48. The van der Waals surface area contributed by atoms with Gasteiger partial charge < -0.3 is 0 Å². The summed E-state index contributed by atoms with van der Waals surface area (Å²) in [7, 11) is 0. The van der Waals surface area contributed by atoms with Crippen molar-refractivity contribution in [1.29, 1.82) is 0 Å². The van der Waals surface area contributed by atoms with Gasteiger partial charge in [0.2, 0.25) is 0 Å². The predicted octanol–water partition coefficient (Wildman–Crippen LogP) is 4.12. The van der Waals surface area contributed by atoms with Gasteiger partial charge in [-0.2, -0.15) is 0 Å². The zero-order chi connectivity index (χ0) is 10.5. The molecule has 2 aromatic rings. The van der Waals surface area contributed by atoms with Crippen LogP contribution in [0.15, 0.2) is 30.3 Å². The molecular formula is C16H14. The van der Waals surface area contributed by atoms with Crippen LogP contribution in [0.3, 0.4) is 0 Å². The first kappa shape index (κ1) is 7.89. The molecule has 2 saturated carbocycles. The van der Waals surface area contributed by atoms with Crippen LogP contribution in [0.25, 0.3) is 10.8 Å². The first-order valence-corrected chi connectivity index (χ1v) is 6.32. The second-order valence-corrected chi connectivity index (χ2v) is 6.08. The second kappa shape index (κ2) is 2.07. The van der Waals surface area contributed by atoms with Crippen molar-refractivity contribution in [3.63, 3.8) is 0 Å². The normalized spacial score (nSPS) is 36.8. The van der Waals surface area contributed by atoms with E-state index in [4.69, 9.17) is 0 Å². The number of hydrogen-bond acceptors (Lipinski definition) is 0. The summed E-state index contributed by atoms with van der Waals surface area (Å²) in [4.78, 5) is 0. The highest BCUT2D eigenvalue weighted by atomic mass is 14.8. The van der Waals surface area contributed by atoms with Crippen LogP contribution in [0.2, 0.25) is 0 Å². The Labute approximate surface area is 95.3 Å². The first-order valence-electron chi connectivity index (χ1n) is 6.32. The summed E-state index contributed by atoms with van der Waals surface area (Å²) < 4.78 is 0. The molecule has 0 saturated heterocycles. The summed E-state index contributed by atoms with van der Waals surface area (Å²) in [6, 6.07) is 11.8.